The van der Waals surface area contributed by atoms with Crippen molar-refractivity contribution in [2.24, 2.45) is 0 Å². The van der Waals surface area contributed by atoms with Gasteiger partial charge in [0, 0.05) is 12.1 Å². The van der Waals surface area contributed by atoms with Crippen LogP contribution in [0.3, 0.4) is 0 Å². The number of halogens is 1. The third-order valence-corrected chi connectivity index (χ3v) is 4.08. The van der Waals surface area contributed by atoms with Crippen molar-refractivity contribution in [2.45, 2.75) is 0 Å². The number of fused-ring (bicyclic) bond motifs is 1. The molecule has 0 bridgehead atoms. The fourth-order valence-electron chi connectivity index (χ4n) is 2.79. The van der Waals surface area contributed by atoms with Gasteiger partial charge in [-0.3, -0.25) is 0 Å². The van der Waals surface area contributed by atoms with Crippen LogP contribution in [0, 0.1) is 5.82 Å². The zero-order valence-corrected chi connectivity index (χ0v) is 14.3. The second-order valence-electron chi connectivity index (χ2n) is 5.89. The molecule has 5 rings (SSSR count). The number of aromatic nitrogens is 7. The van der Waals surface area contributed by atoms with Gasteiger partial charge >= 0.3 is 0 Å². The monoisotopic (exact) mass is 373 g/mol. The molecule has 0 saturated heterocycles. The van der Waals surface area contributed by atoms with E-state index >= 15 is 0 Å². The third-order valence-electron chi connectivity index (χ3n) is 4.08. The van der Waals surface area contributed by atoms with Gasteiger partial charge in [-0.2, -0.15) is 4.52 Å². The summed E-state index contributed by atoms with van der Waals surface area (Å²) in [6.45, 7) is 0. The summed E-state index contributed by atoms with van der Waals surface area (Å²) in [5.74, 6) is 0.793. The molecule has 0 unspecified atom stereocenters. The quantitative estimate of drug-likeness (QED) is 0.481. The molecule has 0 N–H and O–H groups in total. The molecule has 2 aromatic carbocycles. The zero-order chi connectivity index (χ0) is 18.9. The van der Waals surface area contributed by atoms with Gasteiger partial charge in [0.25, 0.3) is 0 Å². The van der Waals surface area contributed by atoms with Gasteiger partial charge in [-0.1, -0.05) is 23.4 Å². The van der Waals surface area contributed by atoms with E-state index in [2.05, 4.69) is 25.6 Å². The van der Waals surface area contributed by atoms with E-state index in [1.807, 2.05) is 18.2 Å². The summed E-state index contributed by atoms with van der Waals surface area (Å²) in [4.78, 5) is 0. The van der Waals surface area contributed by atoms with Crippen LogP contribution in [0.1, 0.15) is 0 Å². The van der Waals surface area contributed by atoms with Crippen LogP contribution in [0.25, 0.3) is 22.7 Å². The first-order valence-corrected chi connectivity index (χ1v) is 8.40. The molecule has 0 spiro atoms. The molecule has 0 aliphatic heterocycles. The highest BCUT2D eigenvalue weighted by atomic mass is 19.1. The SMILES string of the molecule is Fc1ccccc1-c1nnc2ccc(Oc3cccc(-n4ccnn4)c3)nn12. The highest BCUT2D eigenvalue weighted by Gasteiger charge is 2.14. The van der Waals surface area contributed by atoms with E-state index in [1.165, 1.54) is 10.6 Å². The first kappa shape index (κ1) is 16.1. The molecule has 0 saturated carbocycles. The van der Waals surface area contributed by atoms with Crippen LogP contribution in [-0.2, 0) is 0 Å². The Labute approximate surface area is 157 Å². The average molecular weight is 373 g/mol. The Morgan fingerprint density at radius 2 is 1.86 bits per heavy atom. The number of rotatable bonds is 4. The molecule has 5 aromatic rings. The van der Waals surface area contributed by atoms with Crippen molar-refractivity contribution in [3.63, 3.8) is 0 Å². The highest BCUT2D eigenvalue weighted by molar-refractivity contribution is 5.59. The summed E-state index contributed by atoms with van der Waals surface area (Å²) in [6.07, 6.45) is 3.33. The van der Waals surface area contributed by atoms with E-state index in [-0.39, 0.29) is 0 Å². The molecular weight excluding hydrogens is 361 g/mol. The van der Waals surface area contributed by atoms with Crippen LogP contribution in [0.2, 0.25) is 0 Å². The van der Waals surface area contributed by atoms with Crippen molar-refractivity contribution in [3.05, 3.63) is 78.9 Å². The predicted molar refractivity (Wildman–Crippen MR) is 97.6 cm³/mol. The number of benzene rings is 2. The first-order chi connectivity index (χ1) is 13.8. The Balaban J connectivity index is 1.52. The molecule has 0 aliphatic carbocycles. The van der Waals surface area contributed by atoms with Gasteiger partial charge in [-0.05, 0) is 30.3 Å². The summed E-state index contributed by atoms with van der Waals surface area (Å²) in [6, 6.07) is 17.1. The summed E-state index contributed by atoms with van der Waals surface area (Å²) in [5.41, 5.74) is 1.60. The molecule has 8 nitrogen and oxygen atoms in total. The maximum atomic E-state index is 14.2. The smallest absolute Gasteiger partial charge is 0.237 e. The minimum atomic E-state index is -0.398. The van der Waals surface area contributed by atoms with Crippen molar-refractivity contribution in [2.75, 3.05) is 0 Å². The molecule has 0 amide bonds. The molecule has 0 radical (unpaired) electrons. The fraction of sp³-hybridized carbons (Fsp3) is 0. The van der Waals surface area contributed by atoms with Crippen LogP contribution in [0.4, 0.5) is 4.39 Å². The topological polar surface area (TPSA) is 83.0 Å². The van der Waals surface area contributed by atoms with Crippen molar-refractivity contribution in [1.82, 2.24) is 34.8 Å². The second kappa shape index (κ2) is 6.54. The van der Waals surface area contributed by atoms with E-state index in [9.17, 15) is 4.39 Å². The second-order valence-corrected chi connectivity index (χ2v) is 5.89. The van der Waals surface area contributed by atoms with Crippen LogP contribution >= 0.6 is 0 Å². The molecule has 0 aliphatic rings. The van der Waals surface area contributed by atoms with E-state index in [1.54, 1.807) is 53.5 Å². The van der Waals surface area contributed by atoms with E-state index in [0.717, 1.165) is 5.69 Å². The Morgan fingerprint density at radius 3 is 2.71 bits per heavy atom. The van der Waals surface area contributed by atoms with Gasteiger partial charge in [0.2, 0.25) is 5.88 Å². The Morgan fingerprint density at radius 1 is 0.929 bits per heavy atom. The average Bonchev–Trinajstić information content (AvgIpc) is 3.39. The third kappa shape index (κ3) is 2.84. The lowest BCUT2D eigenvalue weighted by atomic mass is 10.2. The molecule has 0 atom stereocenters. The zero-order valence-electron chi connectivity index (χ0n) is 14.3. The number of hydrogen-bond acceptors (Lipinski definition) is 6. The largest absolute Gasteiger partial charge is 0.438 e. The minimum absolute atomic E-state index is 0.301. The highest BCUT2D eigenvalue weighted by Crippen LogP contribution is 2.25. The van der Waals surface area contributed by atoms with Gasteiger partial charge in [0.1, 0.15) is 11.6 Å². The summed E-state index contributed by atoms with van der Waals surface area (Å²) < 4.78 is 23.1. The van der Waals surface area contributed by atoms with Crippen molar-refractivity contribution < 1.29 is 9.13 Å². The lowest BCUT2D eigenvalue weighted by Crippen LogP contribution is -1.99. The van der Waals surface area contributed by atoms with Crippen LogP contribution in [0.5, 0.6) is 11.6 Å². The molecule has 28 heavy (non-hydrogen) atoms. The van der Waals surface area contributed by atoms with Gasteiger partial charge in [-0.25, -0.2) is 9.07 Å². The minimum Gasteiger partial charge on any atom is -0.438 e. The summed E-state index contributed by atoms with van der Waals surface area (Å²) >= 11 is 0. The van der Waals surface area contributed by atoms with Crippen molar-refractivity contribution in [3.8, 4) is 28.7 Å². The number of nitrogens with zero attached hydrogens (tertiary/aromatic N) is 7. The van der Waals surface area contributed by atoms with E-state index in [0.29, 0.717) is 28.7 Å². The van der Waals surface area contributed by atoms with Gasteiger partial charge < -0.3 is 4.74 Å². The Hall–Kier alpha value is -4.14. The normalized spacial score (nSPS) is 11.0. The summed E-state index contributed by atoms with van der Waals surface area (Å²) in [5, 5.41) is 20.3. The molecule has 9 heteroatoms. The molecule has 3 heterocycles. The maximum absolute atomic E-state index is 14.2. The van der Waals surface area contributed by atoms with Crippen LogP contribution in [0.15, 0.2) is 73.1 Å². The van der Waals surface area contributed by atoms with Gasteiger partial charge in [-0.15, -0.1) is 20.4 Å². The van der Waals surface area contributed by atoms with Crippen molar-refractivity contribution in [1.29, 1.82) is 0 Å². The van der Waals surface area contributed by atoms with Crippen molar-refractivity contribution >= 4 is 5.65 Å². The molecule has 3 aromatic heterocycles. The molecular formula is C19H12FN7O. The number of ether oxygens (including phenoxy) is 1. The van der Waals surface area contributed by atoms with Crippen LogP contribution < -0.4 is 4.74 Å². The van der Waals surface area contributed by atoms with E-state index < -0.39 is 5.82 Å². The Bertz CT molecular complexity index is 1270. The van der Waals surface area contributed by atoms with Gasteiger partial charge in [0.05, 0.1) is 23.6 Å². The van der Waals surface area contributed by atoms with Gasteiger partial charge in [0.15, 0.2) is 11.5 Å². The first-order valence-electron chi connectivity index (χ1n) is 8.40. The van der Waals surface area contributed by atoms with Crippen LogP contribution in [-0.4, -0.2) is 34.8 Å². The lowest BCUT2D eigenvalue weighted by molar-refractivity contribution is 0.452. The fourth-order valence-corrected chi connectivity index (χ4v) is 2.79. The number of hydrogen-bond donors (Lipinski definition) is 0. The maximum Gasteiger partial charge on any atom is 0.237 e. The Kier molecular flexibility index (Phi) is 3.75. The summed E-state index contributed by atoms with van der Waals surface area (Å²) in [7, 11) is 0. The molecule has 136 valence electrons. The predicted octanol–water partition coefficient (Wildman–Crippen LogP) is 3.30. The molecule has 0 fully saturated rings. The lowest BCUT2D eigenvalue weighted by Gasteiger charge is -2.07. The van der Waals surface area contributed by atoms with E-state index in [4.69, 9.17) is 4.74 Å². The standard InChI is InChI=1S/C19H12FN7O/c20-16-7-2-1-6-15(16)19-23-22-17-8-9-18(24-27(17)19)28-14-5-3-4-13(12-14)26-11-10-21-25-26/h1-12H.